The van der Waals surface area contributed by atoms with Crippen LogP contribution < -0.4 is 5.32 Å². The highest BCUT2D eigenvalue weighted by Crippen LogP contribution is 2.22. The Morgan fingerprint density at radius 2 is 1.81 bits per heavy atom. The lowest BCUT2D eigenvalue weighted by Gasteiger charge is -2.14. The summed E-state index contributed by atoms with van der Waals surface area (Å²) >= 11 is 1.71. The molecule has 110 valence electrons. The maximum absolute atomic E-state index is 12.3. The maximum atomic E-state index is 12.3. The van der Waals surface area contributed by atoms with E-state index in [0.717, 1.165) is 17.0 Å². The van der Waals surface area contributed by atoms with Gasteiger partial charge in [-0.3, -0.25) is 4.79 Å². The summed E-state index contributed by atoms with van der Waals surface area (Å²) < 4.78 is 0. The van der Waals surface area contributed by atoms with Gasteiger partial charge in [0.05, 0.1) is 0 Å². The maximum Gasteiger partial charge on any atom is 0.228 e. The first-order chi connectivity index (χ1) is 10.1. The quantitative estimate of drug-likeness (QED) is 0.813. The molecule has 0 fully saturated rings. The first-order valence-corrected chi connectivity index (χ1v) is 8.11. The second kappa shape index (κ2) is 7.32. The third kappa shape index (κ3) is 4.36. The number of hydrogen-bond donors (Lipinski definition) is 1. The molecule has 0 saturated heterocycles. The summed E-state index contributed by atoms with van der Waals surface area (Å²) in [6.07, 6.45) is 0. The summed E-state index contributed by atoms with van der Waals surface area (Å²) in [7, 11) is 0. The van der Waals surface area contributed by atoms with Gasteiger partial charge < -0.3 is 5.32 Å². The number of hydrogen-bond acceptors (Lipinski definition) is 2. The van der Waals surface area contributed by atoms with Crippen molar-refractivity contribution < 1.29 is 4.79 Å². The molecule has 21 heavy (non-hydrogen) atoms. The van der Waals surface area contributed by atoms with Crippen LogP contribution in [0.1, 0.15) is 18.1 Å². The second-order valence-electron chi connectivity index (χ2n) is 5.26. The van der Waals surface area contributed by atoms with Crippen LogP contribution in [0, 0.1) is 19.8 Å². The lowest BCUT2D eigenvalue weighted by Crippen LogP contribution is -2.22. The largest absolute Gasteiger partial charge is 0.326 e. The van der Waals surface area contributed by atoms with Gasteiger partial charge in [0.15, 0.2) is 0 Å². The Kier molecular flexibility index (Phi) is 5.45. The van der Waals surface area contributed by atoms with Gasteiger partial charge >= 0.3 is 0 Å². The minimum Gasteiger partial charge on any atom is -0.326 e. The molecule has 0 aliphatic carbocycles. The van der Waals surface area contributed by atoms with Gasteiger partial charge in [0.25, 0.3) is 0 Å². The zero-order valence-electron chi connectivity index (χ0n) is 12.7. The molecular formula is C18H21NOS. The third-order valence-electron chi connectivity index (χ3n) is 3.55. The van der Waals surface area contributed by atoms with E-state index in [1.165, 1.54) is 10.5 Å². The molecule has 2 nitrogen and oxygen atoms in total. The molecule has 1 amide bonds. The Morgan fingerprint density at radius 3 is 2.52 bits per heavy atom. The van der Waals surface area contributed by atoms with Crippen molar-refractivity contribution in [3.8, 4) is 0 Å². The molecule has 0 aliphatic rings. The van der Waals surface area contributed by atoms with Crippen LogP contribution in [-0.2, 0) is 4.79 Å². The minimum atomic E-state index is -0.0323. The van der Waals surface area contributed by atoms with E-state index in [4.69, 9.17) is 0 Å². The molecule has 1 unspecified atom stereocenters. The topological polar surface area (TPSA) is 29.1 Å². The molecule has 2 rings (SSSR count). The van der Waals surface area contributed by atoms with E-state index < -0.39 is 0 Å². The Bertz CT molecular complexity index is 610. The zero-order valence-corrected chi connectivity index (χ0v) is 13.5. The van der Waals surface area contributed by atoms with Crippen molar-refractivity contribution in [2.24, 2.45) is 5.92 Å². The highest BCUT2D eigenvalue weighted by Gasteiger charge is 2.14. The molecule has 0 aromatic heterocycles. The second-order valence-corrected chi connectivity index (χ2v) is 6.36. The molecular weight excluding hydrogens is 278 g/mol. The molecule has 2 aromatic carbocycles. The van der Waals surface area contributed by atoms with Crippen LogP contribution in [0.25, 0.3) is 0 Å². The average Bonchev–Trinajstić information content (AvgIpc) is 2.50. The van der Waals surface area contributed by atoms with Crippen molar-refractivity contribution in [2.45, 2.75) is 25.7 Å². The number of nitrogens with one attached hydrogen (secondary N) is 1. The fraction of sp³-hybridized carbons (Fsp3) is 0.278. The lowest BCUT2D eigenvalue weighted by atomic mass is 10.1. The predicted octanol–water partition coefficient (Wildman–Crippen LogP) is 4.67. The number of carbonyl (C=O) groups is 1. The van der Waals surface area contributed by atoms with E-state index in [9.17, 15) is 4.79 Å². The number of rotatable bonds is 5. The molecule has 0 radical (unpaired) electrons. The predicted molar refractivity (Wildman–Crippen MR) is 90.9 cm³/mol. The van der Waals surface area contributed by atoms with E-state index >= 15 is 0 Å². The van der Waals surface area contributed by atoms with Crippen LogP contribution in [0.2, 0.25) is 0 Å². The molecule has 1 N–H and O–H groups in total. The van der Waals surface area contributed by atoms with Gasteiger partial charge in [-0.2, -0.15) is 0 Å². The standard InChI is InChI=1S/C18H21NOS/c1-13-8-7-11-17(15(13)3)19-18(20)14(2)12-21-16-9-5-4-6-10-16/h4-11,14H,12H2,1-3H3,(H,19,20). The van der Waals surface area contributed by atoms with Crippen molar-refractivity contribution in [2.75, 3.05) is 11.1 Å². The van der Waals surface area contributed by atoms with Crippen LogP contribution in [0.3, 0.4) is 0 Å². The van der Waals surface area contributed by atoms with Crippen molar-refractivity contribution in [3.63, 3.8) is 0 Å². The van der Waals surface area contributed by atoms with Crippen molar-refractivity contribution in [3.05, 3.63) is 59.7 Å². The molecule has 1 atom stereocenters. The van der Waals surface area contributed by atoms with Crippen LogP contribution in [0.5, 0.6) is 0 Å². The van der Waals surface area contributed by atoms with Gasteiger partial charge in [-0.05, 0) is 43.2 Å². The minimum absolute atomic E-state index is 0.0323. The Balaban J connectivity index is 1.92. The molecule has 0 heterocycles. The summed E-state index contributed by atoms with van der Waals surface area (Å²) in [5.41, 5.74) is 3.24. The van der Waals surface area contributed by atoms with Gasteiger partial charge in [0.1, 0.15) is 0 Å². The van der Waals surface area contributed by atoms with Gasteiger partial charge in [-0.25, -0.2) is 0 Å². The summed E-state index contributed by atoms with van der Waals surface area (Å²) in [5, 5.41) is 3.03. The fourth-order valence-corrected chi connectivity index (χ4v) is 2.90. The van der Waals surface area contributed by atoms with Crippen LogP contribution in [-0.4, -0.2) is 11.7 Å². The van der Waals surface area contributed by atoms with Crippen molar-refractivity contribution in [1.29, 1.82) is 0 Å². The number of amides is 1. The molecule has 0 spiro atoms. The Morgan fingerprint density at radius 1 is 1.10 bits per heavy atom. The summed E-state index contributed by atoms with van der Waals surface area (Å²) in [6, 6.07) is 16.2. The molecule has 0 aliphatic heterocycles. The zero-order chi connectivity index (χ0) is 15.2. The average molecular weight is 299 g/mol. The number of aryl methyl sites for hydroxylation is 1. The van der Waals surface area contributed by atoms with Crippen LogP contribution >= 0.6 is 11.8 Å². The summed E-state index contributed by atoms with van der Waals surface area (Å²) in [5.74, 6) is 0.822. The molecule has 2 aromatic rings. The van der Waals surface area contributed by atoms with Crippen molar-refractivity contribution in [1.82, 2.24) is 0 Å². The van der Waals surface area contributed by atoms with E-state index in [1.807, 2.05) is 44.2 Å². The Hall–Kier alpha value is -1.74. The number of thioether (sulfide) groups is 1. The normalized spacial score (nSPS) is 12.0. The molecule has 0 saturated carbocycles. The van der Waals surface area contributed by atoms with Crippen LogP contribution in [0.15, 0.2) is 53.4 Å². The third-order valence-corrected chi connectivity index (χ3v) is 4.83. The number of benzene rings is 2. The van der Waals surface area contributed by atoms with Gasteiger partial charge in [0, 0.05) is 22.3 Å². The van der Waals surface area contributed by atoms with Gasteiger partial charge in [0.2, 0.25) is 5.91 Å². The molecule has 0 bridgehead atoms. The van der Waals surface area contributed by atoms with Crippen molar-refractivity contribution >= 4 is 23.4 Å². The summed E-state index contributed by atoms with van der Waals surface area (Å²) in [4.78, 5) is 13.5. The van der Waals surface area contributed by atoms with E-state index in [2.05, 4.69) is 30.4 Å². The van der Waals surface area contributed by atoms with E-state index in [-0.39, 0.29) is 11.8 Å². The fourth-order valence-electron chi connectivity index (χ4n) is 1.96. The lowest BCUT2D eigenvalue weighted by molar-refractivity contribution is -0.118. The first kappa shape index (κ1) is 15.6. The van der Waals surface area contributed by atoms with Gasteiger partial charge in [-0.1, -0.05) is 37.3 Å². The highest BCUT2D eigenvalue weighted by atomic mass is 32.2. The van der Waals surface area contributed by atoms with Gasteiger partial charge in [-0.15, -0.1) is 11.8 Å². The number of anilines is 1. The first-order valence-electron chi connectivity index (χ1n) is 7.13. The SMILES string of the molecule is Cc1cccc(NC(=O)C(C)CSc2ccccc2)c1C. The monoisotopic (exact) mass is 299 g/mol. The smallest absolute Gasteiger partial charge is 0.228 e. The number of carbonyl (C=O) groups excluding carboxylic acids is 1. The molecule has 3 heteroatoms. The Labute approximate surface area is 131 Å². The van der Waals surface area contributed by atoms with E-state index in [1.54, 1.807) is 11.8 Å². The summed E-state index contributed by atoms with van der Waals surface area (Å²) in [6.45, 7) is 6.06. The van der Waals surface area contributed by atoms with Crippen LogP contribution in [0.4, 0.5) is 5.69 Å². The highest BCUT2D eigenvalue weighted by molar-refractivity contribution is 7.99. The van der Waals surface area contributed by atoms with E-state index in [0.29, 0.717) is 0 Å².